The van der Waals surface area contributed by atoms with Gasteiger partial charge >= 0.3 is 6.09 Å². The van der Waals surface area contributed by atoms with Crippen LogP contribution in [0, 0.1) is 11.3 Å². The van der Waals surface area contributed by atoms with Crippen molar-refractivity contribution in [1.29, 1.82) is 5.26 Å². The van der Waals surface area contributed by atoms with Crippen LogP contribution in [0.3, 0.4) is 0 Å². The fourth-order valence-corrected chi connectivity index (χ4v) is 6.29. The molecule has 0 spiro atoms. The van der Waals surface area contributed by atoms with E-state index >= 15 is 0 Å². The number of methoxy groups -OCH3 is 1. The summed E-state index contributed by atoms with van der Waals surface area (Å²) >= 11 is 3.46. The van der Waals surface area contributed by atoms with Crippen LogP contribution >= 0.6 is 15.9 Å². The van der Waals surface area contributed by atoms with E-state index in [4.69, 9.17) is 14.3 Å². The zero-order valence-electron chi connectivity index (χ0n) is 18.8. The van der Waals surface area contributed by atoms with Crippen LogP contribution in [-0.4, -0.2) is 49.7 Å². The average Bonchev–Trinajstić information content (AvgIpc) is 2.68. The Balaban J connectivity index is 2.35. The number of halogens is 1. The zero-order chi connectivity index (χ0) is 23.4. The third-order valence-corrected chi connectivity index (χ3v) is 7.40. The van der Waals surface area contributed by atoms with Gasteiger partial charge in [0.15, 0.2) is 14.1 Å². The molecule has 1 saturated carbocycles. The van der Waals surface area contributed by atoms with E-state index in [-0.39, 0.29) is 11.8 Å². The maximum absolute atomic E-state index is 13.8. The summed E-state index contributed by atoms with van der Waals surface area (Å²) < 4.78 is 13.0. The van der Waals surface area contributed by atoms with Crippen molar-refractivity contribution in [3.63, 3.8) is 0 Å². The molecule has 0 saturated heterocycles. The second-order valence-electron chi connectivity index (χ2n) is 9.29. The molecule has 1 atom stereocenters. The summed E-state index contributed by atoms with van der Waals surface area (Å²) in [6, 6.07) is 6.81. The van der Waals surface area contributed by atoms with Gasteiger partial charge in [-0.2, -0.15) is 5.26 Å². The molecular weight excluding hydrogens is 480 g/mol. The zero-order valence-corrected chi connectivity index (χ0v) is 21.3. The van der Waals surface area contributed by atoms with Gasteiger partial charge in [0, 0.05) is 23.2 Å². The van der Waals surface area contributed by atoms with E-state index in [2.05, 4.69) is 47.0 Å². The highest BCUT2D eigenvalue weighted by molar-refractivity contribution is 9.10. The van der Waals surface area contributed by atoms with Crippen LogP contribution < -0.4 is 5.32 Å². The van der Waals surface area contributed by atoms with Crippen molar-refractivity contribution in [3.8, 4) is 6.07 Å². The minimum Gasteiger partial charge on any atom is -0.465 e. The number of nitriles is 1. The molecule has 0 aromatic heterocycles. The average molecular weight is 511 g/mol. The fraction of sp³-hybridized carbons (Fsp3) is 0.591. The van der Waals surface area contributed by atoms with E-state index in [1.807, 2.05) is 6.92 Å². The van der Waals surface area contributed by atoms with Crippen LogP contribution in [-0.2, 0) is 9.16 Å². The summed E-state index contributed by atoms with van der Waals surface area (Å²) in [6.45, 7) is 7.98. The Morgan fingerprint density at radius 2 is 1.90 bits per heavy atom. The molecule has 2 N–H and O–H groups in total. The molecule has 1 unspecified atom stereocenters. The summed E-state index contributed by atoms with van der Waals surface area (Å²) in [5.41, 5.74) is -0.652. The molecule has 1 amide bonds. The number of Topliss-reactive ketones (excluding diaryl/α,β-unsaturated/α-hetero) is 1. The molecule has 9 heteroatoms. The smallest absolute Gasteiger partial charge is 0.404 e. The Kier molecular flexibility index (Phi) is 8.08. The van der Waals surface area contributed by atoms with Gasteiger partial charge in [0.1, 0.15) is 5.60 Å². The Morgan fingerprint density at radius 1 is 1.29 bits per heavy atom. The number of carbonyl (C=O) groups excluding carboxylic acids is 1. The minimum atomic E-state index is -2.09. The largest absolute Gasteiger partial charge is 0.465 e. The Morgan fingerprint density at radius 3 is 2.39 bits per heavy atom. The van der Waals surface area contributed by atoms with Gasteiger partial charge in [0.05, 0.1) is 17.2 Å². The predicted molar refractivity (Wildman–Crippen MR) is 124 cm³/mol. The fourth-order valence-electron chi connectivity index (χ4n) is 4.40. The first kappa shape index (κ1) is 25.5. The van der Waals surface area contributed by atoms with Crippen LogP contribution in [0.5, 0.6) is 0 Å². The lowest BCUT2D eigenvalue weighted by molar-refractivity contribution is -0.0886. The Labute approximate surface area is 193 Å². The third kappa shape index (κ3) is 6.39. The summed E-state index contributed by atoms with van der Waals surface area (Å²) in [6.07, 6.45) is 1.52. The SMILES string of the molecule is COC1(CC(C)NC(=O)O)CCC(O[Si](C)(C)C)(C(=O)c2cc(C#N)ccc2Br)CC1. The van der Waals surface area contributed by atoms with E-state index in [0.29, 0.717) is 47.7 Å². The van der Waals surface area contributed by atoms with Gasteiger partial charge in [0.25, 0.3) is 0 Å². The minimum absolute atomic E-state index is 0.125. The number of ketones is 1. The van der Waals surface area contributed by atoms with E-state index in [9.17, 15) is 14.9 Å². The molecule has 0 aliphatic heterocycles. The van der Waals surface area contributed by atoms with E-state index in [0.717, 1.165) is 0 Å². The Bertz CT molecular complexity index is 870. The van der Waals surface area contributed by atoms with Crippen molar-refractivity contribution >= 4 is 36.1 Å². The molecule has 0 radical (unpaired) electrons. The molecular formula is C22H31BrN2O5Si. The van der Waals surface area contributed by atoms with Gasteiger partial charge in [-0.05, 0) is 76.9 Å². The summed E-state index contributed by atoms with van der Waals surface area (Å²) in [4.78, 5) is 24.8. The standard InChI is InChI=1S/C22H31BrN2O5Si/c1-15(25-20(27)28)13-21(29-2)8-10-22(11-9-21,30-31(3,4)5)19(26)17-12-16(14-24)6-7-18(17)23/h6-7,12,15,25H,8-11,13H2,1-5H3,(H,27,28). The lowest BCUT2D eigenvalue weighted by atomic mass is 9.71. The lowest BCUT2D eigenvalue weighted by Crippen LogP contribution is -2.55. The molecule has 1 fully saturated rings. The van der Waals surface area contributed by atoms with E-state index < -0.39 is 25.6 Å². The summed E-state index contributed by atoms with van der Waals surface area (Å²) in [5, 5.41) is 20.8. The maximum atomic E-state index is 13.8. The number of carbonyl (C=O) groups is 2. The number of carboxylic acid groups (broad SMARTS) is 1. The first-order valence-corrected chi connectivity index (χ1v) is 14.5. The monoisotopic (exact) mass is 510 g/mol. The maximum Gasteiger partial charge on any atom is 0.404 e. The molecule has 7 nitrogen and oxygen atoms in total. The van der Waals surface area contributed by atoms with Gasteiger partial charge in [-0.25, -0.2) is 4.79 Å². The van der Waals surface area contributed by atoms with Crippen LogP contribution in [0.15, 0.2) is 22.7 Å². The number of nitrogens with one attached hydrogen (secondary N) is 1. The first-order valence-electron chi connectivity index (χ1n) is 10.3. The quantitative estimate of drug-likeness (QED) is 0.371. The van der Waals surface area contributed by atoms with Crippen molar-refractivity contribution in [2.75, 3.05) is 7.11 Å². The predicted octanol–water partition coefficient (Wildman–Crippen LogP) is 5.10. The molecule has 1 aliphatic carbocycles. The van der Waals surface area contributed by atoms with Crippen molar-refractivity contribution in [2.45, 2.75) is 75.9 Å². The molecule has 0 bridgehead atoms. The van der Waals surface area contributed by atoms with Crippen molar-refractivity contribution in [1.82, 2.24) is 5.32 Å². The van der Waals surface area contributed by atoms with Gasteiger partial charge in [0.2, 0.25) is 0 Å². The van der Waals surface area contributed by atoms with Crippen LogP contribution in [0.1, 0.15) is 54.9 Å². The van der Waals surface area contributed by atoms with Crippen molar-refractivity contribution < 1.29 is 23.9 Å². The van der Waals surface area contributed by atoms with Crippen LogP contribution in [0.2, 0.25) is 19.6 Å². The van der Waals surface area contributed by atoms with E-state index in [1.165, 1.54) is 0 Å². The third-order valence-electron chi connectivity index (χ3n) is 5.71. The molecule has 2 rings (SSSR count). The highest BCUT2D eigenvalue weighted by Gasteiger charge is 2.50. The number of hydrogen-bond donors (Lipinski definition) is 2. The highest BCUT2D eigenvalue weighted by Crippen LogP contribution is 2.45. The van der Waals surface area contributed by atoms with Gasteiger partial charge in [-0.1, -0.05) is 15.9 Å². The molecule has 0 heterocycles. The summed E-state index contributed by atoms with van der Waals surface area (Å²) in [5.74, 6) is -0.125. The Hall–Kier alpha value is -1.73. The topological polar surface area (TPSA) is 109 Å². The normalized spacial score (nSPS) is 24.8. The molecule has 170 valence electrons. The molecule has 1 aromatic rings. The lowest BCUT2D eigenvalue weighted by Gasteiger charge is -2.48. The number of ether oxygens (including phenoxy) is 1. The first-order chi connectivity index (χ1) is 14.4. The molecule has 1 aromatic carbocycles. The van der Waals surface area contributed by atoms with Gasteiger partial charge in [-0.15, -0.1) is 0 Å². The summed E-state index contributed by atoms with van der Waals surface area (Å²) in [7, 11) is -0.461. The number of rotatable bonds is 8. The molecule has 1 aliphatic rings. The highest BCUT2D eigenvalue weighted by atomic mass is 79.9. The number of nitrogens with zero attached hydrogens (tertiary/aromatic N) is 1. The number of amides is 1. The van der Waals surface area contributed by atoms with Crippen molar-refractivity contribution in [3.05, 3.63) is 33.8 Å². The van der Waals surface area contributed by atoms with E-state index in [1.54, 1.807) is 25.3 Å². The molecule has 31 heavy (non-hydrogen) atoms. The second-order valence-corrected chi connectivity index (χ2v) is 14.6. The van der Waals surface area contributed by atoms with Crippen LogP contribution in [0.4, 0.5) is 4.79 Å². The van der Waals surface area contributed by atoms with Crippen molar-refractivity contribution in [2.24, 2.45) is 0 Å². The number of hydrogen-bond acceptors (Lipinski definition) is 5. The van der Waals surface area contributed by atoms with Crippen LogP contribution in [0.25, 0.3) is 0 Å². The number of benzene rings is 1. The van der Waals surface area contributed by atoms with Gasteiger partial charge < -0.3 is 19.6 Å². The van der Waals surface area contributed by atoms with Gasteiger partial charge in [-0.3, -0.25) is 4.79 Å². The second kappa shape index (κ2) is 9.82.